The van der Waals surface area contributed by atoms with Crippen molar-refractivity contribution in [3.05, 3.63) is 113 Å². The molecular weight excluding hydrogens is 456 g/mol. The number of hydrogen-bond donors (Lipinski definition) is 2. The zero-order valence-corrected chi connectivity index (χ0v) is 19.8. The van der Waals surface area contributed by atoms with Crippen molar-refractivity contribution in [2.75, 3.05) is 0 Å². The number of benzene rings is 2. The van der Waals surface area contributed by atoms with E-state index in [4.69, 9.17) is 9.52 Å². The van der Waals surface area contributed by atoms with Gasteiger partial charge in [0.2, 0.25) is 5.76 Å². The Balaban J connectivity index is 1.35. The second-order valence-electron chi connectivity index (χ2n) is 8.50. The van der Waals surface area contributed by atoms with Gasteiger partial charge in [0.15, 0.2) is 0 Å². The maximum Gasteiger partial charge on any atom is 0.371 e. The number of carbonyl (C=O) groups is 2. The van der Waals surface area contributed by atoms with Crippen molar-refractivity contribution in [2.45, 2.75) is 20.4 Å². The number of nitrogens with one attached hydrogen (secondary N) is 1. The molecule has 2 aromatic carbocycles. The van der Waals surface area contributed by atoms with Crippen LogP contribution in [-0.2, 0) is 6.54 Å². The van der Waals surface area contributed by atoms with E-state index in [2.05, 4.69) is 15.1 Å². The molecule has 8 heteroatoms. The van der Waals surface area contributed by atoms with Crippen molar-refractivity contribution in [2.24, 2.45) is 5.10 Å². The highest BCUT2D eigenvalue weighted by Crippen LogP contribution is 2.22. The molecule has 0 aliphatic heterocycles. The third kappa shape index (κ3) is 4.44. The summed E-state index contributed by atoms with van der Waals surface area (Å²) in [5.74, 6) is -0.988. The molecular formula is C28H24N4O4. The number of carbonyl (C=O) groups excluding carboxylic acids is 1. The molecule has 0 bridgehead atoms. The number of rotatable bonds is 7. The predicted molar refractivity (Wildman–Crippen MR) is 137 cm³/mol. The average Bonchev–Trinajstić information content (AvgIpc) is 3.57. The van der Waals surface area contributed by atoms with Crippen LogP contribution in [0.25, 0.3) is 16.6 Å². The van der Waals surface area contributed by atoms with Crippen molar-refractivity contribution in [3.8, 4) is 5.69 Å². The lowest BCUT2D eigenvalue weighted by atomic mass is 10.2. The van der Waals surface area contributed by atoms with Crippen LogP contribution in [0.15, 0.2) is 88.5 Å². The maximum absolute atomic E-state index is 12.8. The summed E-state index contributed by atoms with van der Waals surface area (Å²) in [4.78, 5) is 23.9. The molecule has 0 radical (unpaired) electrons. The summed E-state index contributed by atoms with van der Waals surface area (Å²) in [6.45, 7) is 4.41. The van der Waals surface area contributed by atoms with E-state index in [9.17, 15) is 9.59 Å². The van der Waals surface area contributed by atoms with Crippen LogP contribution < -0.4 is 5.43 Å². The summed E-state index contributed by atoms with van der Waals surface area (Å²) in [5, 5.41) is 14.2. The monoisotopic (exact) mass is 480 g/mol. The van der Waals surface area contributed by atoms with Gasteiger partial charge in [0.05, 0.1) is 12.8 Å². The first-order valence-electron chi connectivity index (χ1n) is 11.4. The molecule has 5 rings (SSSR count). The normalized spacial score (nSPS) is 11.4. The minimum Gasteiger partial charge on any atom is -0.475 e. The quantitative estimate of drug-likeness (QED) is 0.248. The van der Waals surface area contributed by atoms with Crippen molar-refractivity contribution in [1.82, 2.24) is 14.6 Å². The maximum atomic E-state index is 12.8. The van der Waals surface area contributed by atoms with E-state index in [1.165, 1.54) is 6.07 Å². The summed E-state index contributed by atoms with van der Waals surface area (Å²) < 4.78 is 9.45. The molecule has 8 nitrogen and oxygen atoms in total. The van der Waals surface area contributed by atoms with Gasteiger partial charge in [-0.25, -0.2) is 10.2 Å². The topological polar surface area (TPSA) is 102 Å². The van der Waals surface area contributed by atoms with E-state index in [1.807, 2.05) is 79.2 Å². The fourth-order valence-electron chi connectivity index (χ4n) is 4.34. The minimum atomic E-state index is -1.11. The molecule has 5 aromatic rings. The molecule has 0 saturated heterocycles. The Labute approximate surface area is 207 Å². The standard InChI is InChI=1S/C28H24N4O4/c1-18-10-11-19(2)32(18)22-7-5-6-20(14-22)27(33)30-29-15-21-16-31(25-9-4-3-8-24(21)25)17-23-12-13-26(36-23)28(34)35/h3-16H,17H2,1-2H3,(H,30,33)(H,34,35)/b29-15-. The van der Waals surface area contributed by atoms with Gasteiger partial charge in [0, 0.05) is 45.3 Å². The van der Waals surface area contributed by atoms with E-state index >= 15 is 0 Å². The Hall–Kier alpha value is -4.85. The molecule has 180 valence electrons. The highest BCUT2D eigenvalue weighted by atomic mass is 16.4. The molecule has 2 N–H and O–H groups in total. The van der Waals surface area contributed by atoms with E-state index in [1.54, 1.807) is 18.3 Å². The van der Waals surface area contributed by atoms with Crippen LogP contribution >= 0.6 is 0 Å². The van der Waals surface area contributed by atoms with Gasteiger partial charge in [0.25, 0.3) is 5.91 Å². The average molecular weight is 481 g/mol. The van der Waals surface area contributed by atoms with E-state index < -0.39 is 5.97 Å². The first-order valence-corrected chi connectivity index (χ1v) is 11.4. The summed E-state index contributed by atoms with van der Waals surface area (Å²) in [5.41, 5.74) is 7.96. The second-order valence-corrected chi connectivity index (χ2v) is 8.50. The molecule has 0 saturated carbocycles. The molecule has 0 spiro atoms. The third-order valence-corrected chi connectivity index (χ3v) is 6.03. The number of fused-ring (bicyclic) bond motifs is 1. The molecule has 0 aliphatic rings. The molecule has 3 aromatic heterocycles. The number of nitrogens with zero attached hydrogens (tertiary/aromatic N) is 3. The molecule has 0 fully saturated rings. The molecule has 1 amide bonds. The summed E-state index contributed by atoms with van der Waals surface area (Å²) in [7, 11) is 0. The number of aromatic carboxylic acids is 1. The van der Waals surface area contributed by atoms with Gasteiger partial charge >= 0.3 is 5.97 Å². The number of aromatic nitrogens is 2. The molecule has 3 heterocycles. The lowest BCUT2D eigenvalue weighted by Crippen LogP contribution is -2.18. The molecule has 36 heavy (non-hydrogen) atoms. The van der Waals surface area contributed by atoms with Crippen molar-refractivity contribution in [1.29, 1.82) is 0 Å². The first kappa shape index (κ1) is 22.9. The van der Waals surface area contributed by atoms with Crippen LogP contribution in [0.3, 0.4) is 0 Å². The van der Waals surface area contributed by atoms with Gasteiger partial charge in [-0.05, 0) is 62.4 Å². The van der Waals surface area contributed by atoms with Crippen LogP contribution in [0.1, 0.15) is 43.6 Å². The van der Waals surface area contributed by atoms with Gasteiger partial charge in [-0.3, -0.25) is 4.79 Å². The van der Waals surface area contributed by atoms with Crippen molar-refractivity contribution < 1.29 is 19.1 Å². The molecule has 0 aliphatic carbocycles. The predicted octanol–water partition coefficient (Wildman–Crippen LogP) is 5.15. The SMILES string of the molecule is Cc1ccc(C)n1-c1cccc(C(=O)N/N=C\c2cn(Cc3ccc(C(=O)O)o3)c3ccccc23)c1. The Kier molecular flexibility index (Phi) is 6.00. The van der Waals surface area contributed by atoms with Crippen LogP contribution in [0.2, 0.25) is 0 Å². The van der Waals surface area contributed by atoms with Gasteiger partial charge in [-0.2, -0.15) is 5.10 Å². The van der Waals surface area contributed by atoms with Crippen molar-refractivity contribution in [3.63, 3.8) is 0 Å². The Morgan fingerprint density at radius 1 is 1.00 bits per heavy atom. The van der Waals surface area contributed by atoms with Crippen LogP contribution in [-0.4, -0.2) is 32.3 Å². The number of hydrazone groups is 1. The van der Waals surface area contributed by atoms with Gasteiger partial charge in [-0.1, -0.05) is 24.3 Å². The number of hydrogen-bond acceptors (Lipinski definition) is 4. The smallest absolute Gasteiger partial charge is 0.371 e. The Bertz CT molecular complexity index is 1600. The lowest BCUT2D eigenvalue weighted by molar-refractivity contribution is 0.0660. The summed E-state index contributed by atoms with van der Waals surface area (Å²) >= 11 is 0. The zero-order valence-electron chi connectivity index (χ0n) is 19.8. The second kappa shape index (κ2) is 9.42. The zero-order chi connectivity index (χ0) is 25.2. The van der Waals surface area contributed by atoms with Crippen LogP contribution in [0.5, 0.6) is 0 Å². The number of amides is 1. The first-order chi connectivity index (χ1) is 17.4. The summed E-state index contributed by atoms with van der Waals surface area (Å²) in [6, 6.07) is 22.4. The Morgan fingerprint density at radius 3 is 2.53 bits per heavy atom. The Morgan fingerprint density at radius 2 is 1.78 bits per heavy atom. The number of carboxylic acids is 1. The largest absolute Gasteiger partial charge is 0.475 e. The van der Waals surface area contributed by atoms with Gasteiger partial charge in [-0.15, -0.1) is 0 Å². The number of furan rings is 1. The van der Waals surface area contributed by atoms with Gasteiger partial charge < -0.3 is 18.7 Å². The van der Waals surface area contributed by atoms with E-state index in [0.717, 1.165) is 33.5 Å². The minimum absolute atomic E-state index is 0.0999. The van der Waals surface area contributed by atoms with E-state index in [-0.39, 0.29) is 11.7 Å². The number of aryl methyl sites for hydroxylation is 2. The molecule has 0 atom stereocenters. The summed E-state index contributed by atoms with van der Waals surface area (Å²) in [6.07, 6.45) is 3.49. The van der Waals surface area contributed by atoms with Crippen molar-refractivity contribution >= 4 is 29.0 Å². The third-order valence-electron chi connectivity index (χ3n) is 6.03. The lowest BCUT2D eigenvalue weighted by Gasteiger charge is -2.10. The fourth-order valence-corrected chi connectivity index (χ4v) is 4.34. The number of carboxylic acid groups (broad SMARTS) is 1. The highest BCUT2D eigenvalue weighted by molar-refractivity contribution is 6.00. The van der Waals surface area contributed by atoms with Crippen LogP contribution in [0.4, 0.5) is 0 Å². The number of para-hydroxylation sites is 1. The van der Waals surface area contributed by atoms with Crippen LogP contribution in [0, 0.1) is 13.8 Å². The molecule has 0 unspecified atom stereocenters. The highest BCUT2D eigenvalue weighted by Gasteiger charge is 2.13. The van der Waals surface area contributed by atoms with Gasteiger partial charge in [0.1, 0.15) is 5.76 Å². The van der Waals surface area contributed by atoms with E-state index in [0.29, 0.717) is 17.9 Å². The fraction of sp³-hybridized carbons (Fsp3) is 0.107.